The maximum absolute atomic E-state index is 9.86. The summed E-state index contributed by atoms with van der Waals surface area (Å²) in [6.45, 7) is 4.38. The number of aliphatic hydroxyl groups excluding tert-OH is 1. The lowest BCUT2D eigenvalue weighted by atomic mass is 10.1. The number of hydrogen-bond acceptors (Lipinski definition) is 2. The lowest BCUT2D eigenvalue weighted by Gasteiger charge is -2.12. The Morgan fingerprint density at radius 1 is 1.44 bits per heavy atom. The first-order valence-corrected chi connectivity index (χ1v) is 6.46. The SMILES string of the molecule is CCC(CC)n1ccc(CC(O)C2CC2)n1. The van der Waals surface area contributed by atoms with Crippen LogP contribution in [0.5, 0.6) is 0 Å². The van der Waals surface area contributed by atoms with Gasteiger partial charge >= 0.3 is 0 Å². The maximum atomic E-state index is 9.86. The molecule has 1 aromatic heterocycles. The highest BCUT2D eigenvalue weighted by atomic mass is 16.3. The van der Waals surface area contributed by atoms with Crippen molar-refractivity contribution in [3.05, 3.63) is 18.0 Å². The monoisotopic (exact) mass is 222 g/mol. The van der Waals surface area contributed by atoms with Crippen LogP contribution in [0, 0.1) is 5.92 Å². The molecular weight excluding hydrogens is 200 g/mol. The van der Waals surface area contributed by atoms with Crippen LogP contribution in [-0.4, -0.2) is 21.0 Å². The van der Waals surface area contributed by atoms with Gasteiger partial charge in [0.05, 0.1) is 17.8 Å². The van der Waals surface area contributed by atoms with Gasteiger partial charge in [0.2, 0.25) is 0 Å². The van der Waals surface area contributed by atoms with Crippen molar-refractivity contribution >= 4 is 0 Å². The zero-order valence-corrected chi connectivity index (χ0v) is 10.3. The third kappa shape index (κ3) is 2.64. The number of aromatic nitrogens is 2. The highest BCUT2D eigenvalue weighted by molar-refractivity contribution is 5.03. The Bertz CT molecular complexity index is 326. The van der Waals surface area contributed by atoms with E-state index < -0.39 is 0 Å². The predicted molar refractivity (Wildman–Crippen MR) is 64.3 cm³/mol. The van der Waals surface area contributed by atoms with Gasteiger partial charge in [-0.1, -0.05) is 13.8 Å². The average Bonchev–Trinajstić information content (AvgIpc) is 3.04. The van der Waals surface area contributed by atoms with Crippen molar-refractivity contribution < 1.29 is 5.11 Å². The first-order chi connectivity index (χ1) is 7.74. The van der Waals surface area contributed by atoms with Crippen molar-refractivity contribution in [3.63, 3.8) is 0 Å². The van der Waals surface area contributed by atoms with Gasteiger partial charge in [-0.15, -0.1) is 0 Å². The minimum absolute atomic E-state index is 0.176. The Balaban J connectivity index is 1.95. The fourth-order valence-corrected chi connectivity index (χ4v) is 2.21. The van der Waals surface area contributed by atoms with E-state index in [4.69, 9.17) is 0 Å². The summed E-state index contributed by atoms with van der Waals surface area (Å²) < 4.78 is 2.05. The molecule has 1 aliphatic carbocycles. The Morgan fingerprint density at radius 3 is 2.69 bits per heavy atom. The Kier molecular flexibility index (Phi) is 3.64. The molecule has 1 aliphatic rings. The summed E-state index contributed by atoms with van der Waals surface area (Å²) in [6.07, 6.45) is 7.20. The van der Waals surface area contributed by atoms with Crippen molar-refractivity contribution in [2.75, 3.05) is 0 Å². The number of hydrogen-bond donors (Lipinski definition) is 1. The van der Waals surface area contributed by atoms with Gasteiger partial charge in [-0.05, 0) is 37.7 Å². The van der Waals surface area contributed by atoms with Gasteiger partial charge in [-0.3, -0.25) is 4.68 Å². The molecule has 1 fully saturated rings. The van der Waals surface area contributed by atoms with E-state index in [-0.39, 0.29) is 6.10 Å². The molecule has 1 heterocycles. The Labute approximate surface area is 97.5 Å². The lowest BCUT2D eigenvalue weighted by Crippen LogP contribution is -2.14. The molecule has 0 spiro atoms. The molecule has 2 rings (SSSR count). The normalized spacial score (nSPS) is 18.0. The number of nitrogens with zero attached hydrogens (tertiary/aromatic N) is 2. The van der Waals surface area contributed by atoms with Crippen molar-refractivity contribution in [1.82, 2.24) is 9.78 Å². The lowest BCUT2D eigenvalue weighted by molar-refractivity contribution is 0.150. The second kappa shape index (κ2) is 5.00. The van der Waals surface area contributed by atoms with E-state index in [0.717, 1.165) is 25.0 Å². The first kappa shape index (κ1) is 11.6. The van der Waals surface area contributed by atoms with Crippen LogP contribution in [0.1, 0.15) is 51.3 Å². The Morgan fingerprint density at radius 2 is 2.12 bits per heavy atom. The first-order valence-electron chi connectivity index (χ1n) is 6.46. The quantitative estimate of drug-likeness (QED) is 0.803. The van der Waals surface area contributed by atoms with Crippen LogP contribution in [-0.2, 0) is 6.42 Å². The van der Waals surface area contributed by atoms with Crippen molar-refractivity contribution in [1.29, 1.82) is 0 Å². The molecule has 0 amide bonds. The smallest absolute Gasteiger partial charge is 0.0650 e. The Hall–Kier alpha value is -0.830. The molecule has 1 saturated carbocycles. The van der Waals surface area contributed by atoms with Gasteiger partial charge < -0.3 is 5.11 Å². The molecule has 1 N–H and O–H groups in total. The van der Waals surface area contributed by atoms with Crippen LogP contribution >= 0.6 is 0 Å². The van der Waals surface area contributed by atoms with E-state index in [9.17, 15) is 5.11 Å². The highest BCUT2D eigenvalue weighted by Gasteiger charge is 2.30. The number of rotatable bonds is 6. The van der Waals surface area contributed by atoms with E-state index in [1.807, 2.05) is 12.3 Å². The molecule has 3 nitrogen and oxygen atoms in total. The van der Waals surface area contributed by atoms with Crippen molar-refractivity contribution in [2.24, 2.45) is 5.92 Å². The number of aliphatic hydroxyl groups is 1. The fourth-order valence-electron chi connectivity index (χ4n) is 2.21. The van der Waals surface area contributed by atoms with Crippen LogP contribution in [0.2, 0.25) is 0 Å². The second-order valence-electron chi connectivity index (χ2n) is 4.87. The maximum Gasteiger partial charge on any atom is 0.0650 e. The highest BCUT2D eigenvalue weighted by Crippen LogP contribution is 2.33. The third-order valence-electron chi connectivity index (χ3n) is 3.56. The standard InChI is InChI=1S/C13H22N2O/c1-3-12(4-2)15-8-7-11(14-15)9-13(16)10-5-6-10/h7-8,10,12-13,16H,3-6,9H2,1-2H3. The second-order valence-corrected chi connectivity index (χ2v) is 4.87. The van der Waals surface area contributed by atoms with E-state index in [0.29, 0.717) is 12.0 Å². The summed E-state index contributed by atoms with van der Waals surface area (Å²) in [5.41, 5.74) is 1.03. The van der Waals surface area contributed by atoms with Gasteiger partial charge in [0, 0.05) is 12.6 Å². The zero-order valence-electron chi connectivity index (χ0n) is 10.3. The molecule has 16 heavy (non-hydrogen) atoms. The third-order valence-corrected chi connectivity index (χ3v) is 3.56. The molecule has 0 bridgehead atoms. The topological polar surface area (TPSA) is 38.0 Å². The molecular formula is C13H22N2O. The zero-order chi connectivity index (χ0) is 11.5. The van der Waals surface area contributed by atoms with E-state index in [1.54, 1.807) is 0 Å². The van der Waals surface area contributed by atoms with Gasteiger partial charge in [0.1, 0.15) is 0 Å². The molecule has 3 heteroatoms. The molecule has 1 aromatic rings. The van der Waals surface area contributed by atoms with E-state index in [2.05, 4.69) is 23.6 Å². The minimum Gasteiger partial charge on any atom is -0.392 e. The summed E-state index contributed by atoms with van der Waals surface area (Å²) in [7, 11) is 0. The molecule has 1 unspecified atom stereocenters. The summed E-state index contributed by atoms with van der Waals surface area (Å²) in [5.74, 6) is 0.540. The molecule has 90 valence electrons. The van der Waals surface area contributed by atoms with Crippen LogP contribution in [0.15, 0.2) is 12.3 Å². The fraction of sp³-hybridized carbons (Fsp3) is 0.769. The van der Waals surface area contributed by atoms with Crippen molar-refractivity contribution in [2.45, 2.75) is 58.1 Å². The summed E-state index contributed by atoms with van der Waals surface area (Å²) in [4.78, 5) is 0. The van der Waals surface area contributed by atoms with Crippen molar-refractivity contribution in [3.8, 4) is 0 Å². The van der Waals surface area contributed by atoms with Crippen LogP contribution < -0.4 is 0 Å². The van der Waals surface area contributed by atoms with Crippen LogP contribution in [0.25, 0.3) is 0 Å². The van der Waals surface area contributed by atoms with Gasteiger partial charge in [0.25, 0.3) is 0 Å². The summed E-state index contributed by atoms with van der Waals surface area (Å²) >= 11 is 0. The largest absolute Gasteiger partial charge is 0.392 e. The molecule has 0 saturated heterocycles. The average molecular weight is 222 g/mol. The van der Waals surface area contributed by atoms with Crippen LogP contribution in [0.3, 0.4) is 0 Å². The molecule has 0 aromatic carbocycles. The predicted octanol–water partition coefficient (Wildman–Crippen LogP) is 2.56. The van der Waals surface area contributed by atoms with Gasteiger partial charge in [-0.2, -0.15) is 5.10 Å². The van der Waals surface area contributed by atoms with E-state index >= 15 is 0 Å². The summed E-state index contributed by atoms with van der Waals surface area (Å²) in [6, 6.07) is 2.55. The summed E-state index contributed by atoms with van der Waals surface area (Å²) in [5, 5.41) is 14.4. The molecule has 1 atom stereocenters. The minimum atomic E-state index is -0.176. The van der Waals surface area contributed by atoms with E-state index in [1.165, 1.54) is 12.8 Å². The molecule has 0 aliphatic heterocycles. The van der Waals surface area contributed by atoms with Gasteiger partial charge in [0.15, 0.2) is 0 Å². The van der Waals surface area contributed by atoms with Gasteiger partial charge in [-0.25, -0.2) is 0 Å². The van der Waals surface area contributed by atoms with Crippen LogP contribution in [0.4, 0.5) is 0 Å². The molecule has 0 radical (unpaired) electrons.